The monoisotopic (exact) mass is 951 g/mol. The second-order valence-corrected chi connectivity index (χ2v) is 24.3. The van der Waals surface area contributed by atoms with Crippen LogP contribution in [0.15, 0.2) is 91.0 Å². The number of hydrogen-bond acceptors (Lipinski definition) is 2. The van der Waals surface area contributed by atoms with Gasteiger partial charge in [-0.25, -0.2) is 0 Å². The molecule has 1 heterocycles. The van der Waals surface area contributed by atoms with Crippen LogP contribution >= 0.6 is 27.3 Å². The second-order valence-electron chi connectivity index (χ2n) is 18.3. The summed E-state index contributed by atoms with van der Waals surface area (Å²) in [6.45, 7) is 17.6. The number of anilines is 2. The first kappa shape index (κ1) is 47.2. The van der Waals surface area contributed by atoms with Gasteiger partial charge in [0.2, 0.25) is 0 Å². The summed E-state index contributed by atoms with van der Waals surface area (Å²) in [5, 5.41) is 2.65. The zero-order chi connectivity index (χ0) is 42.4. The van der Waals surface area contributed by atoms with Crippen molar-refractivity contribution in [3.05, 3.63) is 131 Å². The summed E-state index contributed by atoms with van der Waals surface area (Å²) in [4.78, 5) is 4.81. The summed E-state index contributed by atoms with van der Waals surface area (Å²) in [5.74, 6) is 0. The van der Waals surface area contributed by atoms with Crippen LogP contribution in [0.4, 0.5) is 11.4 Å². The first-order valence-electron chi connectivity index (χ1n) is 23.1. The molecule has 0 bridgehead atoms. The van der Waals surface area contributed by atoms with Crippen molar-refractivity contribution in [2.75, 3.05) is 22.9 Å². The largest absolute Gasteiger partial charge is 0.150 e. The van der Waals surface area contributed by atoms with E-state index in [4.69, 9.17) is 19.4 Å². The van der Waals surface area contributed by atoms with Crippen molar-refractivity contribution in [3.63, 3.8) is 0 Å². The standard InChI is InChI=1S/C21H27N2.C18H33P.C15H11.2ClH.Ru/c1-14-9-16(3)20(17(4)10-14)22-7-8-23(13-22)21-18(5)11-15(2)12-19(21)6;1-4-10-16(11-5-1)19(17-12-6-2-7-13-17)18-14-8-3-9-15-18;1-2-6-12(7-3-1)15-11-10-13-8-4-5-9-14(13)15;;;/h9-13H,7-8H2,1-6H3;16-18H,1-15H2;1-11H;2*1H;/q-1;;-1;;;+4/p-1. The predicted octanol–water partition coefficient (Wildman–Crippen LogP) is 16.8. The molecule has 0 radical (unpaired) electrons. The number of hydrogen-bond donors (Lipinski definition) is 0. The van der Waals surface area contributed by atoms with Crippen molar-refractivity contribution in [3.8, 4) is 11.1 Å². The number of rotatable bonds is 6. The molecule has 1 saturated heterocycles. The quantitative estimate of drug-likeness (QED) is 0.0951. The smallest absolute Gasteiger partial charge is 0.0623 e. The van der Waals surface area contributed by atoms with Crippen LogP contribution in [-0.2, 0) is 15.1 Å². The number of nitrogens with zero attached hydrogens (tertiary/aromatic N) is 2. The average molecular weight is 952 g/mol. The van der Waals surface area contributed by atoms with Crippen LogP contribution in [0.1, 0.15) is 130 Å². The summed E-state index contributed by atoms with van der Waals surface area (Å²) >= 11 is -0.346. The molecule has 3 aliphatic carbocycles. The molecular weight excluding hydrogens is 880 g/mol. The zero-order valence-corrected chi connectivity index (χ0v) is 41.7. The Balaban J connectivity index is 0.000000149. The molecule has 0 unspecified atom stereocenters. The molecule has 0 spiro atoms. The molecule has 2 nitrogen and oxygen atoms in total. The number of halogens is 2. The van der Waals surface area contributed by atoms with E-state index in [1.165, 1.54) is 83.6 Å². The Bertz CT molecular complexity index is 1890. The molecule has 4 aliphatic rings. The van der Waals surface area contributed by atoms with E-state index in [-0.39, 0.29) is 23.1 Å². The van der Waals surface area contributed by atoms with Gasteiger partial charge in [0.25, 0.3) is 0 Å². The molecule has 0 amide bonds. The van der Waals surface area contributed by atoms with Crippen molar-refractivity contribution < 1.29 is 15.1 Å². The van der Waals surface area contributed by atoms with Crippen molar-refractivity contribution in [2.24, 2.45) is 0 Å². The van der Waals surface area contributed by atoms with E-state index < -0.39 is 0 Å². The van der Waals surface area contributed by atoms with Crippen LogP contribution < -0.4 is 9.80 Å². The molecule has 5 aromatic carbocycles. The van der Waals surface area contributed by atoms with Crippen LogP contribution in [0.5, 0.6) is 0 Å². The molecule has 1 aliphatic heterocycles. The molecule has 0 N–H and O–H groups in total. The maximum absolute atomic E-state index is 4.85. The summed E-state index contributed by atoms with van der Waals surface area (Å²) in [6.07, 6.45) is 23.8. The van der Waals surface area contributed by atoms with Gasteiger partial charge in [0.1, 0.15) is 0 Å². The first-order chi connectivity index (χ1) is 29.2. The van der Waals surface area contributed by atoms with Crippen LogP contribution in [0, 0.1) is 48.2 Å². The Labute approximate surface area is 382 Å². The maximum atomic E-state index is 4.85. The Morgan fingerprint density at radius 2 is 0.917 bits per heavy atom. The van der Waals surface area contributed by atoms with Gasteiger partial charge in [-0.3, -0.25) is 0 Å². The fourth-order valence-corrected chi connectivity index (χ4v) is 16.6. The summed E-state index contributed by atoms with van der Waals surface area (Å²) in [5.41, 5.74) is 17.1. The number of aryl methyl sites for hydroxylation is 6. The zero-order valence-electron chi connectivity index (χ0n) is 37.5. The summed E-state index contributed by atoms with van der Waals surface area (Å²) in [7, 11) is 9.66. The van der Waals surface area contributed by atoms with E-state index in [1.807, 2.05) is 0 Å². The van der Waals surface area contributed by atoms with Crippen LogP contribution in [-0.4, -0.2) is 30.1 Å². The molecule has 9 rings (SSSR count). The first-order valence-corrected chi connectivity index (χ1v) is 29.3. The van der Waals surface area contributed by atoms with Crippen LogP contribution in [0.25, 0.3) is 21.9 Å². The third-order valence-corrected chi connectivity index (χ3v) is 18.3. The van der Waals surface area contributed by atoms with Gasteiger partial charge in [-0.1, -0.05) is 96.6 Å². The molecule has 0 atom stereocenters. The molecule has 3 saturated carbocycles. The van der Waals surface area contributed by atoms with Gasteiger partial charge in [-0.15, -0.1) is 46.7 Å². The van der Waals surface area contributed by atoms with Crippen molar-refractivity contribution >= 4 is 49.5 Å². The minimum Gasteiger partial charge on any atom is -0.150 e. The predicted molar refractivity (Wildman–Crippen MR) is 266 cm³/mol. The Hall–Kier alpha value is -2.28. The summed E-state index contributed by atoms with van der Waals surface area (Å²) in [6, 6.07) is 32.5. The van der Waals surface area contributed by atoms with E-state index >= 15 is 0 Å². The second kappa shape index (κ2) is 24.0. The van der Waals surface area contributed by atoms with Crippen LogP contribution in [0.2, 0.25) is 0 Å². The third-order valence-electron chi connectivity index (χ3n) is 13.7. The van der Waals surface area contributed by atoms with Gasteiger partial charge in [0, 0.05) is 32.4 Å². The van der Waals surface area contributed by atoms with Gasteiger partial charge >= 0.3 is 34.5 Å². The molecular formula is C54H72Cl2N2PRu+. The van der Waals surface area contributed by atoms with E-state index in [9.17, 15) is 0 Å². The molecule has 5 aromatic rings. The van der Waals surface area contributed by atoms with Gasteiger partial charge in [0.05, 0.1) is 17.0 Å². The average Bonchev–Trinajstić information content (AvgIpc) is 3.91. The molecule has 60 heavy (non-hydrogen) atoms. The number of benzene rings is 4. The Morgan fingerprint density at radius 3 is 1.33 bits per heavy atom. The van der Waals surface area contributed by atoms with Gasteiger partial charge in [0.15, 0.2) is 0 Å². The fraction of sp³-hybridized carbons (Fsp3) is 0.481. The van der Waals surface area contributed by atoms with Gasteiger partial charge in [-0.05, 0) is 141 Å². The van der Waals surface area contributed by atoms with Crippen molar-refractivity contribution in [2.45, 2.75) is 155 Å². The maximum Gasteiger partial charge on any atom is -0.0623 e. The number of fused-ring (bicyclic) bond motifs is 1. The third kappa shape index (κ3) is 12.7. The topological polar surface area (TPSA) is 6.48 Å². The van der Waals surface area contributed by atoms with E-state index in [0.29, 0.717) is 0 Å². The van der Waals surface area contributed by atoms with Crippen molar-refractivity contribution in [1.29, 1.82) is 0 Å². The fourth-order valence-electron chi connectivity index (χ4n) is 11.4. The molecule has 4 fully saturated rings. The minimum atomic E-state index is -0.346. The van der Waals surface area contributed by atoms with Crippen molar-refractivity contribution in [1.82, 2.24) is 0 Å². The SMILES string of the molecule is C1CCC([PH+](C2CCCCC2)C2CCCCC2)CC1.Cc1cc(C)c(N2[CH-]N(c3c(C)cc(C)cc3C)CC2)c(C)c1.[Cl][Ru+2][Cl].c1ccc(-c2c[cH-]c3ccccc23)cc1. The molecule has 6 heteroatoms. The normalized spacial score (nSPS) is 17.8. The Kier molecular flexibility index (Phi) is 18.9. The minimum absolute atomic E-state index is 0.0465. The Morgan fingerprint density at radius 1 is 0.533 bits per heavy atom. The van der Waals surface area contributed by atoms with E-state index in [0.717, 1.165) is 13.1 Å². The van der Waals surface area contributed by atoms with Gasteiger partial charge < -0.3 is 9.80 Å². The van der Waals surface area contributed by atoms with Gasteiger partial charge in [-0.2, -0.15) is 6.67 Å². The molecule has 324 valence electrons. The molecule has 0 aromatic heterocycles. The van der Waals surface area contributed by atoms with E-state index in [2.05, 4.69) is 149 Å². The van der Waals surface area contributed by atoms with Crippen LogP contribution in [0.3, 0.4) is 0 Å². The summed E-state index contributed by atoms with van der Waals surface area (Å²) < 4.78 is 0. The van der Waals surface area contributed by atoms with E-state index in [1.54, 1.807) is 96.3 Å².